The van der Waals surface area contributed by atoms with Crippen LogP contribution in [0.25, 0.3) is 0 Å². The average molecular weight is 382 g/mol. The number of ether oxygens (including phenoxy) is 2. The fourth-order valence-corrected chi connectivity index (χ4v) is 3.24. The van der Waals surface area contributed by atoms with E-state index in [0.717, 1.165) is 0 Å². The summed E-state index contributed by atoms with van der Waals surface area (Å²) in [5.41, 5.74) is 0.238. The molecule has 132 valence electrons. The second-order valence-corrected chi connectivity index (χ2v) is 6.74. The first-order valence-electron chi connectivity index (χ1n) is 7.84. The largest absolute Gasteiger partial charge is 0.482 e. The minimum atomic E-state index is 0.0490. The molecule has 1 saturated heterocycles. The molecule has 0 saturated carbocycles. The number of nitrogens with zero attached hydrogens (tertiary/aromatic N) is 3. The maximum atomic E-state index is 9.35. The molecule has 0 unspecified atom stereocenters. The maximum Gasteiger partial charge on any atom is 0.236 e. The van der Waals surface area contributed by atoms with Gasteiger partial charge in [0.25, 0.3) is 0 Å². The van der Waals surface area contributed by atoms with Crippen molar-refractivity contribution in [3.63, 3.8) is 0 Å². The van der Waals surface area contributed by atoms with Gasteiger partial charge < -0.3 is 18.8 Å². The molecule has 2 heterocycles. The lowest BCUT2D eigenvalue weighted by Gasteiger charge is -2.34. The summed E-state index contributed by atoms with van der Waals surface area (Å²) in [6.07, 6.45) is 0.0981. The summed E-state index contributed by atoms with van der Waals surface area (Å²) in [5, 5.41) is 10.3. The van der Waals surface area contributed by atoms with Crippen LogP contribution >= 0.6 is 23.2 Å². The van der Waals surface area contributed by atoms with Crippen LogP contribution in [-0.4, -0.2) is 30.3 Å². The van der Waals surface area contributed by atoms with Gasteiger partial charge in [0.2, 0.25) is 17.5 Å². The van der Waals surface area contributed by atoms with Gasteiger partial charge in [0, 0.05) is 18.1 Å². The van der Waals surface area contributed by atoms with Crippen LogP contribution in [-0.2, 0) is 11.3 Å². The molecule has 0 N–H and O–H groups in total. The van der Waals surface area contributed by atoms with Gasteiger partial charge in [-0.25, -0.2) is 0 Å². The smallest absolute Gasteiger partial charge is 0.236 e. The van der Waals surface area contributed by atoms with Gasteiger partial charge in [-0.2, -0.15) is 10.2 Å². The van der Waals surface area contributed by atoms with E-state index in [0.29, 0.717) is 40.7 Å². The number of benzene rings is 1. The molecular weight excluding hydrogens is 365 g/mol. The molecule has 8 heteroatoms. The Labute approximate surface area is 155 Å². The Hall–Kier alpha value is -1.94. The highest BCUT2D eigenvalue weighted by Gasteiger charge is 2.28. The molecule has 2 atom stereocenters. The Balaban J connectivity index is 1.75. The standard InChI is InChI=1S/C17H17Cl2N3O3/c1-10-7-22(8-11(2)24-10)17-14(6-20)21-16(25-17)9-23-15-4-3-12(18)5-13(15)19/h3-5,10-11H,7-9H2,1-2H3/t10-,11-/m0/s1. The minimum Gasteiger partial charge on any atom is -0.482 e. The van der Waals surface area contributed by atoms with Crippen molar-refractivity contribution in [1.29, 1.82) is 5.26 Å². The maximum absolute atomic E-state index is 9.35. The molecule has 3 rings (SSSR count). The highest BCUT2D eigenvalue weighted by Crippen LogP contribution is 2.29. The molecule has 1 fully saturated rings. The predicted molar refractivity (Wildman–Crippen MR) is 94.2 cm³/mol. The number of aromatic nitrogens is 1. The van der Waals surface area contributed by atoms with Gasteiger partial charge in [-0.1, -0.05) is 23.2 Å². The van der Waals surface area contributed by atoms with Crippen molar-refractivity contribution in [3.05, 3.63) is 39.8 Å². The number of hydrogen-bond donors (Lipinski definition) is 0. The molecule has 1 aliphatic rings. The highest BCUT2D eigenvalue weighted by atomic mass is 35.5. The summed E-state index contributed by atoms with van der Waals surface area (Å²) in [6, 6.07) is 7.02. The highest BCUT2D eigenvalue weighted by molar-refractivity contribution is 6.35. The topological polar surface area (TPSA) is 71.5 Å². The first kappa shape index (κ1) is 17.9. The summed E-state index contributed by atoms with van der Waals surface area (Å²) >= 11 is 11.9. The van der Waals surface area contributed by atoms with Crippen LogP contribution in [0.15, 0.2) is 22.6 Å². The van der Waals surface area contributed by atoms with Crippen LogP contribution < -0.4 is 9.64 Å². The molecule has 25 heavy (non-hydrogen) atoms. The van der Waals surface area contributed by atoms with E-state index in [4.69, 9.17) is 37.1 Å². The number of anilines is 1. The predicted octanol–water partition coefficient (Wildman–Crippen LogP) is 4.05. The summed E-state index contributed by atoms with van der Waals surface area (Å²) in [6.45, 7) is 5.30. The van der Waals surface area contributed by atoms with Crippen LogP contribution in [0.1, 0.15) is 25.4 Å². The fourth-order valence-electron chi connectivity index (χ4n) is 2.78. The van der Waals surface area contributed by atoms with Crippen molar-refractivity contribution in [2.45, 2.75) is 32.7 Å². The molecule has 1 aromatic heterocycles. The van der Waals surface area contributed by atoms with Crippen molar-refractivity contribution in [2.24, 2.45) is 0 Å². The van der Waals surface area contributed by atoms with E-state index in [2.05, 4.69) is 11.1 Å². The third-order valence-corrected chi connectivity index (χ3v) is 4.24. The summed E-state index contributed by atoms with van der Waals surface area (Å²) < 4.78 is 17.1. The van der Waals surface area contributed by atoms with E-state index in [1.165, 1.54) is 0 Å². The summed E-state index contributed by atoms with van der Waals surface area (Å²) in [4.78, 5) is 6.19. The number of oxazole rings is 1. The summed E-state index contributed by atoms with van der Waals surface area (Å²) in [7, 11) is 0. The number of hydrogen-bond acceptors (Lipinski definition) is 6. The van der Waals surface area contributed by atoms with E-state index in [-0.39, 0.29) is 24.5 Å². The van der Waals surface area contributed by atoms with Gasteiger partial charge in [0.15, 0.2) is 6.61 Å². The molecule has 1 aromatic carbocycles. The Kier molecular flexibility index (Phi) is 5.38. The number of rotatable bonds is 4. The first-order chi connectivity index (χ1) is 12.0. The third-order valence-electron chi connectivity index (χ3n) is 3.71. The van der Waals surface area contributed by atoms with Gasteiger partial charge in [-0.05, 0) is 32.0 Å². The molecule has 6 nitrogen and oxygen atoms in total. The minimum absolute atomic E-state index is 0.0490. The Morgan fingerprint density at radius 2 is 2.04 bits per heavy atom. The zero-order chi connectivity index (χ0) is 18.0. The van der Waals surface area contributed by atoms with Gasteiger partial charge in [-0.15, -0.1) is 0 Å². The van der Waals surface area contributed by atoms with Crippen LogP contribution in [0.3, 0.4) is 0 Å². The second kappa shape index (κ2) is 7.52. The molecule has 0 aliphatic carbocycles. The zero-order valence-electron chi connectivity index (χ0n) is 13.8. The van der Waals surface area contributed by atoms with E-state index in [1.807, 2.05) is 18.7 Å². The van der Waals surface area contributed by atoms with Crippen molar-refractivity contribution in [3.8, 4) is 11.8 Å². The molecule has 0 amide bonds. The quantitative estimate of drug-likeness (QED) is 0.795. The molecular formula is C17H17Cl2N3O3. The molecule has 0 spiro atoms. The Morgan fingerprint density at radius 1 is 1.32 bits per heavy atom. The van der Waals surface area contributed by atoms with Crippen molar-refractivity contribution in [2.75, 3.05) is 18.0 Å². The van der Waals surface area contributed by atoms with Gasteiger partial charge in [0.1, 0.15) is 11.8 Å². The Morgan fingerprint density at radius 3 is 2.68 bits per heavy atom. The lowest BCUT2D eigenvalue weighted by atomic mass is 10.2. The number of nitriles is 1. The number of morpholine rings is 1. The Bertz CT molecular complexity index is 793. The lowest BCUT2D eigenvalue weighted by Crippen LogP contribution is -2.45. The van der Waals surface area contributed by atoms with Crippen molar-refractivity contribution >= 4 is 29.1 Å². The summed E-state index contributed by atoms with van der Waals surface area (Å²) in [5.74, 6) is 1.23. The van der Waals surface area contributed by atoms with E-state index in [9.17, 15) is 5.26 Å². The van der Waals surface area contributed by atoms with E-state index >= 15 is 0 Å². The zero-order valence-corrected chi connectivity index (χ0v) is 15.3. The van der Waals surface area contributed by atoms with Crippen LogP contribution in [0, 0.1) is 11.3 Å². The van der Waals surface area contributed by atoms with Gasteiger partial charge >= 0.3 is 0 Å². The SMILES string of the molecule is C[C@H]1CN(c2oc(COc3ccc(Cl)cc3Cl)nc2C#N)C[C@H](C)O1. The second-order valence-electron chi connectivity index (χ2n) is 5.90. The van der Waals surface area contributed by atoms with Crippen molar-refractivity contribution in [1.82, 2.24) is 4.98 Å². The van der Waals surface area contributed by atoms with E-state index in [1.54, 1.807) is 18.2 Å². The van der Waals surface area contributed by atoms with Crippen LogP contribution in [0.2, 0.25) is 10.0 Å². The molecule has 1 aliphatic heterocycles. The average Bonchev–Trinajstić information content (AvgIpc) is 2.96. The van der Waals surface area contributed by atoms with Crippen LogP contribution in [0.5, 0.6) is 5.75 Å². The molecule has 0 bridgehead atoms. The van der Waals surface area contributed by atoms with Crippen molar-refractivity contribution < 1.29 is 13.9 Å². The van der Waals surface area contributed by atoms with Gasteiger partial charge in [0.05, 0.1) is 17.2 Å². The first-order valence-corrected chi connectivity index (χ1v) is 8.60. The fraction of sp³-hybridized carbons (Fsp3) is 0.412. The normalized spacial score (nSPS) is 20.4. The van der Waals surface area contributed by atoms with Crippen LogP contribution in [0.4, 0.5) is 5.88 Å². The lowest BCUT2D eigenvalue weighted by molar-refractivity contribution is -0.00651. The molecule has 0 radical (unpaired) electrons. The molecule has 2 aromatic rings. The number of halogens is 2. The third kappa shape index (κ3) is 4.18. The van der Waals surface area contributed by atoms with Gasteiger partial charge in [-0.3, -0.25) is 0 Å². The monoisotopic (exact) mass is 381 g/mol. The van der Waals surface area contributed by atoms with E-state index < -0.39 is 0 Å².